The molecule has 0 fully saturated rings. The van der Waals surface area contributed by atoms with Crippen LogP contribution in [0.1, 0.15) is 11.1 Å². The Labute approximate surface area is 97.7 Å². The van der Waals surface area contributed by atoms with Crippen molar-refractivity contribution in [1.82, 2.24) is 0 Å². The molecule has 0 aliphatic carbocycles. The molecule has 3 heteroatoms. The van der Waals surface area contributed by atoms with E-state index < -0.39 is 11.7 Å². The molecule has 2 aromatic carbocycles. The highest BCUT2D eigenvalue weighted by atomic mass is 19.4. The minimum Gasteiger partial charge on any atom is -0.166 e. The Hall–Kier alpha value is -1.77. The van der Waals surface area contributed by atoms with Crippen LogP contribution in [0.2, 0.25) is 0 Å². The van der Waals surface area contributed by atoms with E-state index in [1.165, 1.54) is 12.1 Å². The Balaban J connectivity index is 2.60. The van der Waals surface area contributed by atoms with Crippen molar-refractivity contribution in [3.8, 4) is 11.1 Å². The zero-order valence-electron chi connectivity index (χ0n) is 9.18. The van der Waals surface area contributed by atoms with Crippen LogP contribution in [0.25, 0.3) is 11.1 Å². The van der Waals surface area contributed by atoms with Crippen LogP contribution in [0.4, 0.5) is 13.2 Å². The number of hydrogen-bond acceptors (Lipinski definition) is 0. The molecule has 0 nitrogen and oxygen atoms in total. The molecule has 0 bridgehead atoms. The molecule has 0 aliphatic rings. The number of benzene rings is 2. The van der Waals surface area contributed by atoms with E-state index in [9.17, 15) is 13.2 Å². The van der Waals surface area contributed by atoms with Gasteiger partial charge in [-0.15, -0.1) is 0 Å². The fourth-order valence-electron chi connectivity index (χ4n) is 1.72. The van der Waals surface area contributed by atoms with Crippen molar-refractivity contribution < 1.29 is 13.2 Å². The number of halogens is 3. The van der Waals surface area contributed by atoms with Gasteiger partial charge in [0.05, 0.1) is 5.56 Å². The predicted molar refractivity (Wildman–Crippen MR) is 60.5 cm³/mol. The smallest absolute Gasteiger partial charge is 0.166 e. The van der Waals surface area contributed by atoms with E-state index in [0.717, 1.165) is 5.56 Å². The van der Waals surface area contributed by atoms with Gasteiger partial charge >= 0.3 is 6.18 Å². The monoisotopic (exact) mass is 235 g/mol. The molecule has 0 amide bonds. The lowest BCUT2D eigenvalue weighted by atomic mass is 9.98. The minimum atomic E-state index is -4.37. The third-order valence-electron chi connectivity index (χ3n) is 2.47. The summed E-state index contributed by atoms with van der Waals surface area (Å²) in [7, 11) is 0. The topological polar surface area (TPSA) is 0 Å². The molecule has 87 valence electrons. The Kier molecular flexibility index (Phi) is 2.92. The van der Waals surface area contributed by atoms with Gasteiger partial charge in [-0.2, -0.15) is 13.2 Å². The summed E-state index contributed by atoms with van der Waals surface area (Å²) >= 11 is 0. The van der Waals surface area contributed by atoms with Crippen molar-refractivity contribution >= 4 is 0 Å². The molecule has 17 heavy (non-hydrogen) atoms. The lowest BCUT2D eigenvalue weighted by Crippen LogP contribution is -2.07. The van der Waals surface area contributed by atoms with E-state index >= 15 is 0 Å². The molecule has 0 aliphatic heterocycles. The average Bonchev–Trinajstić information content (AvgIpc) is 2.28. The summed E-state index contributed by atoms with van der Waals surface area (Å²) in [5.41, 5.74) is 0.947. The van der Waals surface area contributed by atoms with Gasteiger partial charge in [0.25, 0.3) is 0 Å². The highest BCUT2D eigenvalue weighted by Gasteiger charge is 2.33. The van der Waals surface area contributed by atoms with E-state index in [1.807, 2.05) is 13.0 Å². The Bertz CT molecular complexity index is 527. The summed E-state index contributed by atoms with van der Waals surface area (Å²) in [6.07, 6.45) is -4.37. The van der Waals surface area contributed by atoms with Crippen LogP contribution < -0.4 is 0 Å². The van der Waals surface area contributed by atoms with Crippen LogP contribution in [0.5, 0.6) is 0 Å². The highest BCUT2D eigenvalue weighted by molar-refractivity contribution is 5.68. The lowest BCUT2D eigenvalue weighted by molar-refractivity contribution is -0.137. The molecular formula is C14H10F3. The largest absolute Gasteiger partial charge is 0.417 e. The van der Waals surface area contributed by atoms with E-state index in [1.54, 1.807) is 24.3 Å². The van der Waals surface area contributed by atoms with Gasteiger partial charge in [-0.3, -0.25) is 0 Å². The third-order valence-corrected chi connectivity index (χ3v) is 2.47. The van der Waals surface area contributed by atoms with Gasteiger partial charge in [0.1, 0.15) is 0 Å². The Morgan fingerprint density at radius 1 is 1.06 bits per heavy atom. The van der Waals surface area contributed by atoms with Crippen molar-refractivity contribution in [2.45, 2.75) is 13.1 Å². The molecule has 2 aromatic rings. The SMILES string of the molecule is Cc1cccc(-c2ccc[c]c2C(F)(F)F)c1. The van der Waals surface area contributed by atoms with Gasteiger partial charge in [-0.1, -0.05) is 48.0 Å². The van der Waals surface area contributed by atoms with Crippen molar-refractivity contribution in [2.75, 3.05) is 0 Å². The molecule has 0 spiro atoms. The highest BCUT2D eigenvalue weighted by Crippen LogP contribution is 2.36. The fraction of sp³-hybridized carbons (Fsp3) is 0.143. The standard InChI is InChI=1S/C14H10F3/c1-10-5-4-6-11(9-10)12-7-2-3-8-13(12)14(15,16)17/h2-7,9H,1H3. The van der Waals surface area contributed by atoms with Gasteiger partial charge in [0, 0.05) is 0 Å². The molecule has 0 N–H and O–H groups in total. The summed E-state index contributed by atoms with van der Waals surface area (Å²) in [4.78, 5) is 0. The van der Waals surface area contributed by atoms with Crippen molar-refractivity contribution in [3.05, 3.63) is 59.7 Å². The maximum absolute atomic E-state index is 12.8. The summed E-state index contributed by atoms with van der Waals surface area (Å²) in [6.45, 7) is 1.85. The molecule has 1 radical (unpaired) electrons. The molecule has 2 rings (SSSR count). The van der Waals surface area contributed by atoms with E-state index in [-0.39, 0.29) is 5.56 Å². The first kappa shape index (κ1) is 11.7. The second kappa shape index (κ2) is 4.24. The van der Waals surface area contributed by atoms with Crippen molar-refractivity contribution in [3.63, 3.8) is 0 Å². The maximum Gasteiger partial charge on any atom is 0.417 e. The number of hydrogen-bond donors (Lipinski definition) is 0. The lowest BCUT2D eigenvalue weighted by Gasteiger charge is -2.12. The summed E-state index contributed by atoms with van der Waals surface area (Å²) in [6, 6.07) is 13.6. The van der Waals surface area contributed by atoms with Crippen LogP contribution >= 0.6 is 0 Å². The van der Waals surface area contributed by atoms with Crippen LogP contribution in [0.15, 0.2) is 42.5 Å². The molecule has 0 saturated carbocycles. The van der Waals surface area contributed by atoms with Gasteiger partial charge in [-0.25, -0.2) is 0 Å². The molecular weight excluding hydrogens is 225 g/mol. The molecule has 0 unspecified atom stereocenters. The Morgan fingerprint density at radius 2 is 1.82 bits per heavy atom. The first-order chi connectivity index (χ1) is 7.98. The first-order valence-electron chi connectivity index (χ1n) is 5.13. The summed E-state index contributed by atoms with van der Waals surface area (Å²) in [5, 5.41) is 0. The van der Waals surface area contributed by atoms with E-state index in [4.69, 9.17) is 0 Å². The second-order valence-corrected chi connectivity index (χ2v) is 3.83. The minimum absolute atomic E-state index is 0.170. The van der Waals surface area contributed by atoms with Crippen LogP contribution in [-0.4, -0.2) is 0 Å². The molecule has 0 saturated heterocycles. The van der Waals surface area contributed by atoms with Crippen molar-refractivity contribution in [2.24, 2.45) is 0 Å². The number of alkyl halides is 3. The quantitative estimate of drug-likeness (QED) is 0.683. The first-order valence-corrected chi connectivity index (χ1v) is 5.13. The number of rotatable bonds is 1. The van der Waals surface area contributed by atoms with E-state index in [0.29, 0.717) is 5.56 Å². The van der Waals surface area contributed by atoms with Crippen LogP contribution in [0.3, 0.4) is 0 Å². The number of aryl methyl sites for hydroxylation is 1. The van der Waals surface area contributed by atoms with Gasteiger partial charge in [0.2, 0.25) is 0 Å². The zero-order valence-corrected chi connectivity index (χ0v) is 9.18. The maximum atomic E-state index is 12.8. The van der Waals surface area contributed by atoms with Gasteiger partial charge < -0.3 is 0 Å². The zero-order chi connectivity index (χ0) is 12.5. The normalized spacial score (nSPS) is 11.5. The molecule has 0 heterocycles. The van der Waals surface area contributed by atoms with Crippen LogP contribution in [0, 0.1) is 13.0 Å². The van der Waals surface area contributed by atoms with Gasteiger partial charge in [-0.05, 0) is 24.1 Å². The Morgan fingerprint density at radius 3 is 2.47 bits per heavy atom. The summed E-state index contributed by atoms with van der Waals surface area (Å²) < 4.78 is 38.4. The van der Waals surface area contributed by atoms with Gasteiger partial charge in [0.15, 0.2) is 0 Å². The fourth-order valence-corrected chi connectivity index (χ4v) is 1.72. The second-order valence-electron chi connectivity index (χ2n) is 3.83. The average molecular weight is 235 g/mol. The summed E-state index contributed by atoms with van der Waals surface area (Å²) in [5.74, 6) is 0. The van der Waals surface area contributed by atoms with Crippen LogP contribution in [-0.2, 0) is 6.18 Å². The predicted octanol–water partition coefficient (Wildman–Crippen LogP) is 4.48. The van der Waals surface area contributed by atoms with Crippen molar-refractivity contribution in [1.29, 1.82) is 0 Å². The molecule has 0 aromatic heterocycles. The van der Waals surface area contributed by atoms with E-state index in [2.05, 4.69) is 6.07 Å². The third kappa shape index (κ3) is 2.49. The molecule has 0 atom stereocenters.